The van der Waals surface area contributed by atoms with E-state index < -0.39 is 0 Å². The van der Waals surface area contributed by atoms with Crippen LogP contribution < -0.4 is 5.73 Å². The second-order valence-corrected chi connectivity index (χ2v) is 4.75. The quantitative estimate of drug-likeness (QED) is 0.761. The fourth-order valence-electron chi connectivity index (χ4n) is 1.91. The Morgan fingerprint density at radius 2 is 2.29 bits per heavy atom. The lowest BCUT2D eigenvalue weighted by molar-refractivity contribution is 0.807. The van der Waals surface area contributed by atoms with E-state index in [1.165, 1.54) is 0 Å². The van der Waals surface area contributed by atoms with Gasteiger partial charge in [0.2, 0.25) is 0 Å². The number of hydrogen-bond acceptors (Lipinski definition) is 4. The summed E-state index contributed by atoms with van der Waals surface area (Å²) in [5.74, 6) is 0.885. The maximum atomic E-state index is 5.66. The molecule has 0 bridgehead atoms. The first-order chi connectivity index (χ1) is 8.29. The summed E-state index contributed by atoms with van der Waals surface area (Å²) in [5, 5.41) is 6.43. The van der Waals surface area contributed by atoms with Crippen LogP contribution in [0.4, 0.5) is 0 Å². The first kappa shape index (κ1) is 10.5. The van der Waals surface area contributed by atoms with Gasteiger partial charge >= 0.3 is 0 Å². The number of nitrogens with zero attached hydrogens (tertiary/aromatic N) is 4. The van der Waals surface area contributed by atoms with Crippen molar-refractivity contribution in [2.45, 2.75) is 13.3 Å². The Morgan fingerprint density at radius 3 is 3.00 bits per heavy atom. The molecule has 0 saturated heterocycles. The Balaban J connectivity index is 2.20. The summed E-state index contributed by atoms with van der Waals surface area (Å²) in [7, 11) is 0. The van der Waals surface area contributed by atoms with E-state index in [1.807, 2.05) is 35.4 Å². The van der Waals surface area contributed by atoms with Crippen molar-refractivity contribution in [2.24, 2.45) is 5.73 Å². The molecule has 0 aliphatic rings. The van der Waals surface area contributed by atoms with E-state index in [4.69, 9.17) is 5.73 Å². The van der Waals surface area contributed by atoms with E-state index in [-0.39, 0.29) is 0 Å². The van der Waals surface area contributed by atoms with Crippen LogP contribution in [0, 0.1) is 6.92 Å². The maximum Gasteiger partial charge on any atom is 0.195 e. The van der Waals surface area contributed by atoms with Crippen molar-refractivity contribution in [3.05, 3.63) is 35.2 Å². The zero-order chi connectivity index (χ0) is 11.8. The molecule has 0 atom stereocenters. The fourth-order valence-corrected chi connectivity index (χ4v) is 2.63. The second kappa shape index (κ2) is 3.97. The number of aromatic nitrogens is 4. The Kier molecular flexibility index (Phi) is 2.45. The monoisotopic (exact) mass is 247 g/mol. The maximum absolute atomic E-state index is 5.66. The van der Waals surface area contributed by atoms with Crippen molar-refractivity contribution in [3.63, 3.8) is 0 Å². The third kappa shape index (κ3) is 1.65. The summed E-state index contributed by atoms with van der Waals surface area (Å²) in [6.45, 7) is 2.58. The molecule has 0 aliphatic heterocycles. The van der Waals surface area contributed by atoms with Crippen LogP contribution in [0.5, 0.6) is 0 Å². The number of aryl methyl sites for hydroxylation is 1. The van der Waals surface area contributed by atoms with E-state index in [0.717, 1.165) is 28.6 Å². The van der Waals surface area contributed by atoms with Gasteiger partial charge in [-0.05, 0) is 19.5 Å². The lowest BCUT2D eigenvalue weighted by atomic mass is 10.3. The number of rotatable bonds is 3. The molecule has 88 valence electrons. The summed E-state index contributed by atoms with van der Waals surface area (Å²) >= 11 is 1.62. The highest BCUT2D eigenvalue weighted by Crippen LogP contribution is 2.20. The minimum absolute atomic E-state index is 0.608. The second-order valence-electron chi connectivity index (χ2n) is 3.88. The van der Waals surface area contributed by atoms with Gasteiger partial charge in [-0.15, -0.1) is 11.3 Å². The predicted molar refractivity (Wildman–Crippen MR) is 67.7 cm³/mol. The SMILES string of the molecule is Cc1ccn(-c2nc3sccn3c2CCN)n1. The Hall–Kier alpha value is -1.66. The third-order valence-corrected chi connectivity index (χ3v) is 3.42. The topological polar surface area (TPSA) is 61.1 Å². The summed E-state index contributed by atoms with van der Waals surface area (Å²) in [5.41, 5.74) is 7.77. The lowest BCUT2D eigenvalue weighted by Gasteiger charge is -2.02. The molecule has 3 rings (SSSR count). The van der Waals surface area contributed by atoms with Gasteiger partial charge < -0.3 is 5.73 Å². The largest absolute Gasteiger partial charge is 0.330 e. The molecule has 0 radical (unpaired) electrons. The highest BCUT2D eigenvalue weighted by atomic mass is 32.1. The van der Waals surface area contributed by atoms with Gasteiger partial charge in [0.25, 0.3) is 0 Å². The fraction of sp³-hybridized carbons (Fsp3) is 0.273. The Bertz CT molecular complexity index is 648. The number of nitrogens with two attached hydrogens (primary N) is 1. The standard InChI is InChI=1S/C11H13N5S/c1-8-3-5-16(14-8)10-9(2-4-12)15-6-7-17-11(15)13-10/h3,5-7H,2,4,12H2,1H3. The van der Waals surface area contributed by atoms with Gasteiger partial charge in [-0.3, -0.25) is 4.40 Å². The first-order valence-electron chi connectivity index (χ1n) is 5.47. The molecule has 0 unspecified atom stereocenters. The number of fused-ring (bicyclic) bond motifs is 1. The van der Waals surface area contributed by atoms with Crippen molar-refractivity contribution in [1.29, 1.82) is 0 Å². The predicted octanol–water partition coefficient (Wildman–Crippen LogP) is 1.39. The Labute approximate surface area is 103 Å². The zero-order valence-electron chi connectivity index (χ0n) is 9.50. The van der Waals surface area contributed by atoms with Gasteiger partial charge in [0.05, 0.1) is 11.4 Å². The highest BCUT2D eigenvalue weighted by molar-refractivity contribution is 7.15. The summed E-state index contributed by atoms with van der Waals surface area (Å²) in [4.78, 5) is 5.58. The minimum atomic E-state index is 0.608. The average molecular weight is 247 g/mol. The molecule has 0 fully saturated rings. The summed E-state index contributed by atoms with van der Waals surface area (Å²) in [6, 6.07) is 1.97. The van der Waals surface area contributed by atoms with Crippen LogP contribution in [0.2, 0.25) is 0 Å². The molecule has 0 spiro atoms. The van der Waals surface area contributed by atoms with Crippen LogP contribution in [-0.4, -0.2) is 25.7 Å². The lowest BCUT2D eigenvalue weighted by Crippen LogP contribution is -2.08. The first-order valence-corrected chi connectivity index (χ1v) is 6.34. The molecule has 0 amide bonds. The summed E-state index contributed by atoms with van der Waals surface area (Å²) in [6.07, 6.45) is 4.76. The van der Waals surface area contributed by atoms with Gasteiger partial charge in [0.15, 0.2) is 10.8 Å². The van der Waals surface area contributed by atoms with Crippen LogP contribution in [0.3, 0.4) is 0 Å². The van der Waals surface area contributed by atoms with Crippen LogP contribution in [0.1, 0.15) is 11.4 Å². The zero-order valence-corrected chi connectivity index (χ0v) is 10.3. The normalized spacial score (nSPS) is 11.4. The average Bonchev–Trinajstić information content (AvgIpc) is 2.95. The van der Waals surface area contributed by atoms with Gasteiger partial charge in [0, 0.05) is 24.2 Å². The van der Waals surface area contributed by atoms with Crippen molar-refractivity contribution < 1.29 is 0 Å². The van der Waals surface area contributed by atoms with Crippen molar-refractivity contribution >= 4 is 16.3 Å². The highest BCUT2D eigenvalue weighted by Gasteiger charge is 2.14. The molecule has 0 saturated carbocycles. The number of hydrogen-bond donors (Lipinski definition) is 1. The van der Waals surface area contributed by atoms with E-state index in [0.29, 0.717) is 6.54 Å². The van der Waals surface area contributed by atoms with E-state index in [9.17, 15) is 0 Å². The molecule has 0 aromatic carbocycles. The van der Waals surface area contributed by atoms with Crippen LogP contribution in [-0.2, 0) is 6.42 Å². The van der Waals surface area contributed by atoms with Gasteiger partial charge in [-0.25, -0.2) is 4.68 Å². The van der Waals surface area contributed by atoms with Crippen LogP contribution >= 0.6 is 11.3 Å². The van der Waals surface area contributed by atoms with Crippen molar-refractivity contribution in [3.8, 4) is 5.82 Å². The molecular weight excluding hydrogens is 234 g/mol. The van der Waals surface area contributed by atoms with Gasteiger partial charge in [0.1, 0.15) is 0 Å². The van der Waals surface area contributed by atoms with E-state index >= 15 is 0 Å². The molecule has 0 aliphatic carbocycles. The molecule has 3 aromatic rings. The van der Waals surface area contributed by atoms with E-state index in [1.54, 1.807) is 11.3 Å². The molecule has 17 heavy (non-hydrogen) atoms. The van der Waals surface area contributed by atoms with Crippen molar-refractivity contribution in [2.75, 3.05) is 6.54 Å². The molecule has 2 N–H and O–H groups in total. The molecule has 3 heterocycles. The number of thiazole rings is 1. The minimum Gasteiger partial charge on any atom is -0.330 e. The molecule has 6 heteroatoms. The van der Waals surface area contributed by atoms with E-state index in [2.05, 4.69) is 14.5 Å². The smallest absolute Gasteiger partial charge is 0.195 e. The molecule has 5 nitrogen and oxygen atoms in total. The summed E-state index contributed by atoms with van der Waals surface area (Å²) < 4.78 is 3.91. The number of imidazole rings is 1. The third-order valence-electron chi connectivity index (χ3n) is 2.66. The van der Waals surface area contributed by atoms with Crippen LogP contribution in [0.25, 0.3) is 10.8 Å². The molecule has 3 aromatic heterocycles. The van der Waals surface area contributed by atoms with Crippen molar-refractivity contribution in [1.82, 2.24) is 19.2 Å². The van der Waals surface area contributed by atoms with Gasteiger partial charge in [-0.2, -0.15) is 10.1 Å². The Morgan fingerprint density at radius 1 is 1.41 bits per heavy atom. The molecular formula is C11H13N5S. The van der Waals surface area contributed by atoms with Gasteiger partial charge in [-0.1, -0.05) is 0 Å². The van der Waals surface area contributed by atoms with Crippen LogP contribution in [0.15, 0.2) is 23.8 Å².